The smallest absolute Gasteiger partial charge is 0.246 e. The van der Waals surface area contributed by atoms with E-state index in [0.29, 0.717) is 0 Å². The van der Waals surface area contributed by atoms with Crippen molar-refractivity contribution in [3.05, 3.63) is 54.1 Å². The maximum absolute atomic E-state index is 12.3. The van der Waals surface area contributed by atoms with E-state index in [9.17, 15) is 9.59 Å². The van der Waals surface area contributed by atoms with Crippen molar-refractivity contribution >= 4 is 28.9 Å². The molecule has 2 aromatic rings. The number of carbonyl (C=O) groups excluding carboxylic acids is 2. The van der Waals surface area contributed by atoms with Gasteiger partial charge >= 0.3 is 0 Å². The van der Waals surface area contributed by atoms with Gasteiger partial charge in [-0.3, -0.25) is 9.59 Å². The van der Waals surface area contributed by atoms with Crippen LogP contribution in [0.4, 0.5) is 17.1 Å². The van der Waals surface area contributed by atoms with Crippen molar-refractivity contribution in [3.8, 4) is 0 Å². The van der Waals surface area contributed by atoms with Crippen LogP contribution >= 0.6 is 0 Å². The molecule has 0 aromatic heterocycles. The summed E-state index contributed by atoms with van der Waals surface area (Å²) in [6, 6.07) is 14.7. The van der Waals surface area contributed by atoms with Crippen LogP contribution in [-0.2, 0) is 9.59 Å². The first-order valence-corrected chi connectivity index (χ1v) is 8.56. The molecular formula is C20H23N3O2. The van der Waals surface area contributed by atoms with E-state index < -0.39 is 0 Å². The molecule has 0 saturated heterocycles. The molecule has 1 atom stereocenters. The molecule has 2 amide bonds. The topological polar surface area (TPSA) is 70.2 Å². The molecule has 3 rings (SSSR count). The third kappa shape index (κ3) is 4.83. The van der Waals surface area contributed by atoms with Gasteiger partial charge in [0, 0.05) is 23.0 Å². The Morgan fingerprint density at radius 2 is 1.64 bits per heavy atom. The lowest BCUT2D eigenvalue weighted by molar-refractivity contribution is -0.117. The quantitative estimate of drug-likeness (QED) is 0.751. The number of benzene rings is 2. The maximum atomic E-state index is 12.3. The largest absolute Gasteiger partial charge is 0.374 e. The first-order valence-electron chi connectivity index (χ1n) is 8.56. The second-order valence-electron chi connectivity index (χ2n) is 6.57. The van der Waals surface area contributed by atoms with E-state index in [-0.39, 0.29) is 23.8 Å². The number of anilines is 3. The van der Waals surface area contributed by atoms with Crippen molar-refractivity contribution in [1.82, 2.24) is 0 Å². The van der Waals surface area contributed by atoms with Crippen LogP contribution in [0.15, 0.2) is 48.5 Å². The number of carbonyl (C=O) groups is 2. The fourth-order valence-electron chi connectivity index (χ4n) is 2.53. The average Bonchev–Trinajstić information content (AvgIpc) is 3.41. The minimum absolute atomic E-state index is 0.0895. The summed E-state index contributed by atoms with van der Waals surface area (Å²) in [5.74, 6) is 0.173. The minimum atomic E-state index is -0.382. The number of amides is 2. The number of aryl methyl sites for hydroxylation is 1. The predicted molar refractivity (Wildman–Crippen MR) is 101 cm³/mol. The molecule has 1 fully saturated rings. The molecule has 1 aliphatic carbocycles. The molecule has 5 nitrogen and oxygen atoms in total. The Morgan fingerprint density at radius 1 is 0.960 bits per heavy atom. The molecule has 0 spiro atoms. The minimum Gasteiger partial charge on any atom is -0.374 e. The highest BCUT2D eigenvalue weighted by Gasteiger charge is 2.29. The van der Waals surface area contributed by atoms with Crippen LogP contribution in [0.3, 0.4) is 0 Å². The van der Waals surface area contributed by atoms with Crippen molar-refractivity contribution in [2.24, 2.45) is 5.92 Å². The molecule has 0 unspecified atom stereocenters. The molecule has 1 saturated carbocycles. The number of nitrogens with one attached hydrogen (secondary N) is 3. The summed E-state index contributed by atoms with van der Waals surface area (Å²) in [6.45, 7) is 3.80. The molecule has 1 aliphatic rings. The summed E-state index contributed by atoms with van der Waals surface area (Å²) in [5, 5.41) is 8.97. The van der Waals surface area contributed by atoms with Gasteiger partial charge in [-0.1, -0.05) is 12.1 Å². The van der Waals surface area contributed by atoms with Gasteiger partial charge in [0.25, 0.3) is 0 Å². The van der Waals surface area contributed by atoms with E-state index in [1.165, 1.54) is 0 Å². The molecule has 2 aromatic carbocycles. The zero-order chi connectivity index (χ0) is 17.8. The highest BCUT2D eigenvalue weighted by atomic mass is 16.2. The van der Waals surface area contributed by atoms with E-state index in [2.05, 4.69) is 16.0 Å². The van der Waals surface area contributed by atoms with Gasteiger partial charge in [-0.15, -0.1) is 0 Å². The van der Waals surface area contributed by atoms with E-state index in [0.717, 1.165) is 35.5 Å². The Labute approximate surface area is 147 Å². The van der Waals surface area contributed by atoms with Gasteiger partial charge < -0.3 is 16.0 Å². The fraction of sp³-hybridized carbons (Fsp3) is 0.300. The van der Waals surface area contributed by atoms with E-state index in [1.54, 1.807) is 0 Å². The highest BCUT2D eigenvalue weighted by molar-refractivity contribution is 5.96. The Kier molecular flexibility index (Phi) is 5.03. The van der Waals surface area contributed by atoms with Crippen molar-refractivity contribution in [3.63, 3.8) is 0 Å². The maximum Gasteiger partial charge on any atom is 0.246 e. The van der Waals surface area contributed by atoms with Crippen LogP contribution in [0.5, 0.6) is 0 Å². The van der Waals surface area contributed by atoms with Gasteiger partial charge in [0.2, 0.25) is 11.8 Å². The van der Waals surface area contributed by atoms with Gasteiger partial charge in [-0.25, -0.2) is 0 Å². The van der Waals surface area contributed by atoms with E-state index >= 15 is 0 Å². The van der Waals surface area contributed by atoms with Crippen molar-refractivity contribution in [2.45, 2.75) is 32.7 Å². The zero-order valence-corrected chi connectivity index (χ0v) is 14.5. The summed E-state index contributed by atoms with van der Waals surface area (Å²) in [7, 11) is 0. The highest BCUT2D eigenvalue weighted by Crippen LogP contribution is 2.30. The van der Waals surface area contributed by atoms with Gasteiger partial charge in [0.1, 0.15) is 6.04 Å². The van der Waals surface area contributed by atoms with Crippen molar-refractivity contribution < 1.29 is 9.59 Å². The van der Waals surface area contributed by atoms with E-state index in [1.807, 2.05) is 62.4 Å². The molecule has 0 radical (unpaired) electrons. The van der Waals surface area contributed by atoms with Crippen LogP contribution < -0.4 is 16.0 Å². The Bertz CT molecular complexity index is 767. The first-order chi connectivity index (χ1) is 12.0. The molecule has 3 N–H and O–H groups in total. The predicted octanol–water partition coefficient (Wildman–Crippen LogP) is 3.78. The number of rotatable bonds is 6. The summed E-state index contributed by atoms with van der Waals surface area (Å²) in [5.41, 5.74) is 3.50. The SMILES string of the molecule is Cc1cccc(NC(=O)[C@@H](C)Nc2ccc(NC(=O)C3CC3)cc2)c1. The lowest BCUT2D eigenvalue weighted by Gasteiger charge is -2.16. The van der Waals surface area contributed by atoms with Crippen LogP contribution in [0, 0.1) is 12.8 Å². The molecule has 0 bridgehead atoms. The standard InChI is InChI=1S/C20H23N3O2/c1-13-4-3-5-18(12-13)23-19(24)14(2)21-16-8-10-17(11-9-16)22-20(25)15-6-7-15/h3-5,8-12,14-15,21H,6-7H2,1-2H3,(H,22,25)(H,23,24)/t14-/m1/s1. The van der Waals surface area contributed by atoms with Crippen molar-refractivity contribution in [2.75, 3.05) is 16.0 Å². The van der Waals surface area contributed by atoms with Gasteiger partial charge in [-0.05, 0) is 68.7 Å². The van der Waals surface area contributed by atoms with Gasteiger partial charge in [0.05, 0.1) is 0 Å². The molecule has 0 heterocycles. The van der Waals surface area contributed by atoms with Crippen LogP contribution in [0.1, 0.15) is 25.3 Å². The lowest BCUT2D eigenvalue weighted by atomic mass is 10.2. The number of hydrogen-bond acceptors (Lipinski definition) is 3. The Hall–Kier alpha value is -2.82. The Balaban J connectivity index is 1.53. The monoisotopic (exact) mass is 337 g/mol. The molecule has 5 heteroatoms. The molecule has 130 valence electrons. The normalized spacial score (nSPS) is 14.5. The summed E-state index contributed by atoms with van der Waals surface area (Å²) < 4.78 is 0. The third-order valence-electron chi connectivity index (χ3n) is 4.16. The van der Waals surface area contributed by atoms with Crippen molar-refractivity contribution in [1.29, 1.82) is 0 Å². The van der Waals surface area contributed by atoms with Gasteiger partial charge in [-0.2, -0.15) is 0 Å². The third-order valence-corrected chi connectivity index (χ3v) is 4.16. The Morgan fingerprint density at radius 3 is 2.28 bits per heavy atom. The lowest BCUT2D eigenvalue weighted by Crippen LogP contribution is -2.31. The molecule has 0 aliphatic heterocycles. The van der Waals surface area contributed by atoms with Gasteiger partial charge in [0.15, 0.2) is 0 Å². The summed E-state index contributed by atoms with van der Waals surface area (Å²) >= 11 is 0. The first kappa shape index (κ1) is 17.0. The number of hydrogen-bond donors (Lipinski definition) is 3. The van der Waals surface area contributed by atoms with E-state index in [4.69, 9.17) is 0 Å². The zero-order valence-electron chi connectivity index (χ0n) is 14.5. The van der Waals surface area contributed by atoms with Crippen LogP contribution in [-0.4, -0.2) is 17.9 Å². The molecule has 25 heavy (non-hydrogen) atoms. The molecular weight excluding hydrogens is 314 g/mol. The second kappa shape index (κ2) is 7.38. The average molecular weight is 337 g/mol. The fourth-order valence-corrected chi connectivity index (χ4v) is 2.53. The second-order valence-corrected chi connectivity index (χ2v) is 6.57. The summed E-state index contributed by atoms with van der Waals surface area (Å²) in [4.78, 5) is 24.0. The van der Waals surface area contributed by atoms with Crippen LogP contribution in [0.2, 0.25) is 0 Å². The van der Waals surface area contributed by atoms with Crippen LogP contribution in [0.25, 0.3) is 0 Å². The summed E-state index contributed by atoms with van der Waals surface area (Å²) in [6.07, 6.45) is 1.97.